The third-order valence-electron chi connectivity index (χ3n) is 5.18. The first-order valence-electron chi connectivity index (χ1n) is 9.37. The smallest absolute Gasteiger partial charge is 0.354 e. The number of nitrogens with zero attached hydrogens (tertiary/aromatic N) is 2. The van der Waals surface area contributed by atoms with Gasteiger partial charge in [-0.05, 0) is 36.4 Å². The van der Waals surface area contributed by atoms with Gasteiger partial charge in [-0.2, -0.15) is 0 Å². The number of aromatic nitrogens is 2. The highest BCUT2D eigenvalue weighted by molar-refractivity contribution is 6.06. The Bertz CT molecular complexity index is 1150. The molecule has 0 radical (unpaired) electrons. The van der Waals surface area contributed by atoms with Crippen LogP contribution in [-0.2, 0) is 11.3 Å². The number of rotatable bonds is 4. The number of benzene rings is 1. The molecular weight excluding hydrogens is 370 g/mol. The topological polar surface area (TPSA) is 95.5 Å². The summed E-state index contributed by atoms with van der Waals surface area (Å²) >= 11 is 0. The van der Waals surface area contributed by atoms with Crippen LogP contribution in [0.5, 0.6) is 0 Å². The summed E-state index contributed by atoms with van der Waals surface area (Å²) in [6.45, 7) is 3.99. The Kier molecular flexibility index (Phi) is 4.90. The standard InChI is InChI=1S/C22H21N3O4/c1-3-25-11-13(10-14-8-9-18(23-14)22(28)29-2)20-16(12-25)19(21(26)27)15-6-4-5-7-17(15)24-20/h4-10,23H,3,11-12H2,1-2H3,(H,26,27)/b13-10+. The summed E-state index contributed by atoms with van der Waals surface area (Å²) in [6.07, 6.45) is 1.92. The van der Waals surface area contributed by atoms with E-state index in [4.69, 9.17) is 9.72 Å². The lowest BCUT2D eigenvalue weighted by molar-refractivity contribution is 0.0594. The van der Waals surface area contributed by atoms with E-state index in [-0.39, 0.29) is 0 Å². The number of aromatic amines is 1. The van der Waals surface area contributed by atoms with E-state index in [0.29, 0.717) is 40.9 Å². The van der Waals surface area contributed by atoms with Crippen molar-refractivity contribution in [1.29, 1.82) is 0 Å². The van der Waals surface area contributed by atoms with Gasteiger partial charge in [-0.15, -0.1) is 0 Å². The Labute approximate surface area is 167 Å². The molecule has 0 spiro atoms. The average Bonchev–Trinajstić information content (AvgIpc) is 3.19. The van der Waals surface area contributed by atoms with E-state index in [2.05, 4.69) is 9.88 Å². The maximum absolute atomic E-state index is 12.1. The largest absolute Gasteiger partial charge is 0.478 e. The number of carbonyl (C=O) groups is 2. The van der Waals surface area contributed by atoms with Gasteiger partial charge in [0.05, 0.1) is 23.9 Å². The number of carboxylic acid groups (broad SMARTS) is 1. The van der Waals surface area contributed by atoms with Crippen molar-refractivity contribution < 1.29 is 19.4 Å². The Morgan fingerprint density at radius 3 is 2.76 bits per heavy atom. The number of H-pyrrole nitrogens is 1. The highest BCUT2D eigenvalue weighted by atomic mass is 16.5. The fourth-order valence-electron chi connectivity index (χ4n) is 3.76. The summed E-state index contributed by atoms with van der Waals surface area (Å²) in [5.74, 6) is -1.39. The van der Waals surface area contributed by atoms with Crippen LogP contribution in [0.15, 0.2) is 36.4 Å². The predicted molar refractivity (Wildman–Crippen MR) is 110 cm³/mol. The quantitative estimate of drug-likeness (QED) is 0.662. The third kappa shape index (κ3) is 3.40. The number of methoxy groups -OCH3 is 1. The van der Waals surface area contributed by atoms with Crippen LogP contribution in [0.2, 0.25) is 0 Å². The number of pyridine rings is 1. The van der Waals surface area contributed by atoms with Crippen molar-refractivity contribution >= 4 is 34.5 Å². The Hall–Kier alpha value is -3.45. The van der Waals surface area contributed by atoms with Gasteiger partial charge in [-0.1, -0.05) is 25.1 Å². The summed E-state index contributed by atoms with van der Waals surface area (Å²) in [4.78, 5) is 33.9. The van der Waals surface area contributed by atoms with E-state index in [9.17, 15) is 14.7 Å². The summed E-state index contributed by atoms with van der Waals surface area (Å²) in [5.41, 5.74) is 4.36. The maximum atomic E-state index is 12.1. The molecule has 1 aliphatic heterocycles. The zero-order chi connectivity index (χ0) is 20.5. The minimum atomic E-state index is -0.954. The molecule has 0 fully saturated rings. The van der Waals surface area contributed by atoms with Crippen molar-refractivity contribution in [1.82, 2.24) is 14.9 Å². The molecule has 3 aromatic rings. The van der Waals surface area contributed by atoms with Crippen molar-refractivity contribution in [3.05, 3.63) is 64.6 Å². The second-order valence-electron chi connectivity index (χ2n) is 6.93. The molecule has 2 N–H and O–H groups in total. The van der Waals surface area contributed by atoms with Gasteiger partial charge in [-0.3, -0.25) is 4.90 Å². The van der Waals surface area contributed by atoms with Crippen LogP contribution in [0.1, 0.15) is 44.7 Å². The van der Waals surface area contributed by atoms with Crippen LogP contribution in [0.4, 0.5) is 0 Å². The molecule has 1 aliphatic rings. The van der Waals surface area contributed by atoms with Crippen molar-refractivity contribution in [3.8, 4) is 0 Å². The number of likely N-dealkylation sites (N-methyl/N-ethyl adjacent to an activating group) is 1. The molecule has 0 bridgehead atoms. The normalized spacial score (nSPS) is 15.4. The molecule has 29 heavy (non-hydrogen) atoms. The molecule has 0 saturated heterocycles. The van der Waals surface area contributed by atoms with Crippen LogP contribution in [-0.4, -0.2) is 52.1 Å². The Morgan fingerprint density at radius 2 is 2.03 bits per heavy atom. The molecule has 2 aromatic heterocycles. The van der Waals surface area contributed by atoms with Crippen LogP contribution in [0, 0.1) is 0 Å². The first kappa shape index (κ1) is 18.9. The molecule has 4 rings (SSSR count). The number of ether oxygens (including phenoxy) is 1. The second kappa shape index (κ2) is 7.52. The highest BCUT2D eigenvalue weighted by Crippen LogP contribution is 2.33. The van der Waals surface area contributed by atoms with Crippen LogP contribution >= 0.6 is 0 Å². The number of fused-ring (bicyclic) bond motifs is 2. The van der Waals surface area contributed by atoms with Gasteiger partial charge in [0, 0.05) is 29.7 Å². The molecule has 1 aromatic carbocycles. The number of aromatic carboxylic acids is 1. The number of hydrogen-bond donors (Lipinski definition) is 2. The van der Waals surface area contributed by atoms with Crippen LogP contribution < -0.4 is 0 Å². The Balaban J connectivity index is 1.91. The molecule has 3 heterocycles. The lowest BCUT2D eigenvalue weighted by Gasteiger charge is -2.30. The number of esters is 1. The average molecular weight is 391 g/mol. The summed E-state index contributed by atoms with van der Waals surface area (Å²) in [5, 5.41) is 10.6. The zero-order valence-electron chi connectivity index (χ0n) is 16.2. The number of carboxylic acids is 1. The van der Waals surface area contributed by atoms with Gasteiger partial charge in [0.15, 0.2) is 0 Å². The van der Waals surface area contributed by atoms with Gasteiger partial charge in [0.2, 0.25) is 0 Å². The van der Waals surface area contributed by atoms with Crippen molar-refractivity contribution in [3.63, 3.8) is 0 Å². The van der Waals surface area contributed by atoms with E-state index < -0.39 is 11.9 Å². The molecule has 0 aliphatic carbocycles. The minimum absolute atomic E-state index is 0.302. The second-order valence-corrected chi connectivity index (χ2v) is 6.93. The van der Waals surface area contributed by atoms with Crippen LogP contribution in [0.25, 0.3) is 22.6 Å². The molecule has 7 nitrogen and oxygen atoms in total. The SMILES string of the molecule is CCN1C/C(=C\c2ccc(C(=O)OC)[nH]2)c2nc3ccccc3c(C(=O)O)c2C1. The van der Waals surface area contributed by atoms with Crippen molar-refractivity contribution in [2.75, 3.05) is 20.2 Å². The fraction of sp³-hybridized carbons (Fsp3) is 0.227. The first-order valence-corrected chi connectivity index (χ1v) is 9.37. The lowest BCUT2D eigenvalue weighted by atomic mass is 9.92. The maximum Gasteiger partial charge on any atom is 0.354 e. The molecule has 0 unspecified atom stereocenters. The Morgan fingerprint density at radius 1 is 1.24 bits per heavy atom. The number of carbonyl (C=O) groups excluding carboxylic acids is 1. The van der Waals surface area contributed by atoms with Gasteiger partial charge in [0.25, 0.3) is 0 Å². The van der Waals surface area contributed by atoms with E-state index in [1.165, 1.54) is 7.11 Å². The van der Waals surface area contributed by atoms with Gasteiger partial charge >= 0.3 is 11.9 Å². The van der Waals surface area contributed by atoms with Gasteiger partial charge in [0.1, 0.15) is 5.69 Å². The van der Waals surface area contributed by atoms with Crippen LogP contribution in [0.3, 0.4) is 0 Å². The van der Waals surface area contributed by atoms with E-state index in [1.54, 1.807) is 18.2 Å². The lowest BCUT2D eigenvalue weighted by Crippen LogP contribution is -2.31. The molecule has 0 amide bonds. The summed E-state index contributed by atoms with van der Waals surface area (Å²) in [6, 6.07) is 10.8. The van der Waals surface area contributed by atoms with Crippen molar-refractivity contribution in [2.24, 2.45) is 0 Å². The summed E-state index contributed by atoms with van der Waals surface area (Å²) < 4.78 is 4.74. The molecular formula is C22H21N3O4. The van der Waals surface area contributed by atoms with E-state index >= 15 is 0 Å². The highest BCUT2D eigenvalue weighted by Gasteiger charge is 2.28. The monoisotopic (exact) mass is 391 g/mol. The number of hydrogen-bond acceptors (Lipinski definition) is 5. The van der Waals surface area contributed by atoms with E-state index in [0.717, 1.165) is 23.4 Å². The fourth-order valence-corrected chi connectivity index (χ4v) is 3.76. The molecule has 148 valence electrons. The minimum Gasteiger partial charge on any atom is -0.478 e. The van der Waals surface area contributed by atoms with Gasteiger partial charge < -0.3 is 14.8 Å². The first-order chi connectivity index (χ1) is 14.0. The zero-order valence-corrected chi connectivity index (χ0v) is 16.2. The predicted octanol–water partition coefficient (Wildman–Crippen LogP) is 3.42. The van der Waals surface area contributed by atoms with E-state index in [1.807, 2.05) is 31.2 Å². The third-order valence-corrected chi connectivity index (χ3v) is 5.18. The molecule has 0 saturated carbocycles. The van der Waals surface area contributed by atoms with Crippen molar-refractivity contribution in [2.45, 2.75) is 13.5 Å². The number of para-hydroxylation sites is 1. The van der Waals surface area contributed by atoms with Gasteiger partial charge in [-0.25, -0.2) is 14.6 Å². The summed E-state index contributed by atoms with van der Waals surface area (Å²) in [7, 11) is 1.33. The number of nitrogens with one attached hydrogen (secondary N) is 1. The molecule has 7 heteroatoms. The molecule has 0 atom stereocenters.